The Labute approximate surface area is 159 Å². The van der Waals surface area contributed by atoms with E-state index in [9.17, 15) is 14.7 Å². The maximum absolute atomic E-state index is 12.3. The minimum Gasteiger partial charge on any atom is -0.463 e. The number of aliphatic hydroxyl groups excluding tert-OH is 2. The molecular weight excluding hydrogens is 354 g/mol. The molecule has 0 spiro atoms. The van der Waals surface area contributed by atoms with E-state index in [0.29, 0.717) is 0 Å². The van der Waals surface area contributed by atoms with Gasteiger partial charge in [0.2, 0.25) is 0 Å². The van der Waals surface area contributed by atoms with Gasteiger partial charge in [-0.2, -0.15) is 0 Å². The first-order valence-corrected chi connectivity index (χ1v) is 10.1. The first-order valence-electron chi connectivity index (χ1n) is 10.1. The van der Waals surface area contributed by atoms with E-state index < -0.39 is 24.5 Å². The molecule has 3 fully saturated rings. The van der Waals surface area contributed by atoms with E-state index in [4.69, 9.17) is 19.3 Å². The van der Waals surface area contributed by atoms with Gasteiger partial charge < -0.3 is 24.4 Å². The fraction of sp³-hybridized carbons (Fsp3) is 0.895. The third-order valence-electron chi connectivity index (χ3n) is 5.90. The van der Waals surface area contributed by atoms with E-state index in [-0.39, 0.29) is 43.5 Å². The second kappa shape index (κ2) is 9.82. The van der Waals surface area contributed by atoms with Gasteiger partial charge in [-0.15, -0.1) is 0 Å². The number of hydrogen-bond donors (Lipinski definition) is 3. The van der Waals surface area contributed by atoms with Gasteiger partial charge in [-0.1, -0.05) is 25.7 Å². The molecule has 3 N–H and O–H groups in total. The van der Waals surface area contributed by atoms with Crippen molar-refractivity contribution in [3.63, 3.8) is 0 Å². The lowest BCUT2D eigenvalue weighted by molar-refractivity contribution is -0.212. The number of carbonyl (C=O) groups excluding carboxylic acids is 2. The van der Waals surface area contributed by atoms with E-state index in [0.717, 1.165) is 51.4 Å². The molecule has 3 rings (SSSR count). The molecule has 154 valence electrons. The van der Waals surface area contributed by atoms with E-state index >= 15 is 0 Å². The molecule has 8 nitrogen and oxygen atoms in total. The van der Waals surface area contributed by atoms with Crippen molar-refractivity contribution in [2.75, 3.05) is 13.3 Å². The fourth-order valence-corrected chi connectivity index (χ4v) is 4.28. The first-order chi connectivity index (χ1) is 13.1. The zero-order chi connectivity index (χ0) is 19.2. The third-order valence-corrected chi connectivity index (χ3v) is 5.90. The highest BCUT2D eigenvalue weighted by Crippen LogP contribution is 2.30. The van der Waals surface area contributed by atoms with Crippen LogP contribution in [0.5, 0.6) is 0 Å². The average Bonchev–Trinajstić information content (AvgIpc) is 3.36. The molecule has 27 heavy (non-hydrogen) atoms. The van der Waals surface area contributed by atoms with Crippen molar-refractivity contribution in [3.8, 4) is 0 Å². The number of aliphatic hydroxyl groups is 2. The molecule has 0 bridgehead atoms. The second-order valence-electron chi connectivity index (χ2n) is 7.82. The van der Waals surface area contributed by atoms with Gasteiger partial charge >= 0.3 is 11.9 Å². The minimum absolute atomic E-state index is 0.0758. The number of hydrogen-bond acceptors (Lipinski definition) is 8. The third kappa shape index (κ3) is 5.40. The molecule has 1 saturated heterocycles. The molecule has 2 saturated carbocycles. The Hall–Kier alpha value is -1.22. The Bertz CT molecular complexity index is 502. The predicted octanol–water partition coefficient (Wildman–Crippen LogP) is 0.837. The van der Waals surface area contributed by atoms with Crippen molar-refractivity contribution in [2.24, 2.45) is 11.8 Å². The normalized spacial score (nSPS) is 32.5. The zero-order valence-corrected chi connectivity index (χ0v) is 15.7. The molecule has 8 heteroatoms. The maximum atomic E-state index is 12.3. The van der Waals surface area contributed by atoms with E-state index in [1.165, 1.54) is 0 Å². The summed E-state index contributed by atoms with van der Waals surface area (Å²) in [5, 5.41) is 22.5. The summed E-state index contributed by atoms with van der Waals surface area (Å²) in [7, 11) is 0. The van der Waals surface area contributed by atoms with Crippen LogP contribution < -0.4 is 5.32 Å². The molecular formula is C19H31NO7. The van der Waals surface area contributed by atoms with Gasteiger partial charge in [0.15, 0.2) is 0 Å². The van der Waals surface area contributed by atoms with E-state index in [2.05, 4.69) is 5.32 Å². The van der Waals surface area contributed by atoms with Crippen LogP contribution in [0.4, 0.5) is 0 Å². The summed E-state index contributed by atoms with van der Waals surface area (Å²) in [5.74, 6) is -0.737. The predicted molar refractivity (Wildman–Crippen MR) is 94.3 cm³/mol. The molecule has 2 aliphatic carbocycles. The van der Waals surface area contributed by atoms with Crippen LogP contribution in [0.3, 0.4) is 0 Å². The van der Waals surface area contributed by atoms with Crippen LogP contribution in [0.1, 0.15) is 57.8 Å². The SMILES string of the molecule is O=C(OCC1OC(NCO)CC(OC(=O)C2CCCC2)C1O)C1CCCC1. The fourth-order valence-electron chi connectivity index (χ4n) is 4.28. The Morgan fingerprint density at radius 3 is 2.19 bits per heavy atom. The van der Waals surface area contributed by atoms with Gasteiger partial charge in [-0.05, 0) is 25.7 Å². The number of ether oxygens (including phenoxy) is 3. The van der Waals surface area contributed by atoms with Crippen LogP contribution in [0.25, 0.3) is 0 Å². The summed E-state index contributed by atoms with van der Waals surface area (Å²) in [5.41, 5.74) is 0. The minimum atomic E-state index is -1.08. The summed E-state index contributed by atoms with van der Waals surface area (Å²) in [4.78, 5) is 24.5. The standard InChI is InChI=1S/C19H31NO7/c21-11-20-16-9-14(27-19(24)13-7-3-4-8-13)17(22)15(26-16)10-25-18(23)12-5-1-2-6-12/h12-17,20-22H,1-11H2. The van der Waals surface area contributed by atoms with Crippen molar-refractivity contribution < 1.29 is 34.0 Å². The summed E-state index contributed by atoms with van der Waals surface area (Å²) >= 11 is 0. The van der Waals surface area contributed by atoms with Crippen molar-refractivity contribution in [1.29, 1.82) is 0 Å². The quantitative estimate of drug-likeness (QED) is 0.436. The lowest BCUT2D eigenvalue weighted by Gasteiger charge is -2.39. The van der Waals surface area contributed by atoms with Gasteiger partial charge in [-0.25, -0.2) is 0 Å². The van der Waals surface area contributed by atoms with Crippen molar-refractivity contribution >= 4 is 11.9 Å². The number of rotatable bonds is 7. The molecule has 4 atom stereocenters. The van der Waals surface area contributed by atoms with E-state index in [1.807, 2.05) is 0 Å². The highest BCUT2D eigenvalue weighted by atomic mass is 16.6. The molecule has 3 aliphatic rings. The summed E-state index contributed by atoms with van der Waals surface area (Å²) in [6, 6.07) is 0. The van der Waals surface area contributed by atoms with Crippen LogP contribution >= 0.6 is 0 Å². The summed E-state index contributed by atoms with van der Waals surface area (Å²) < 4.78 is 16.6. The molecule has 0 amide bonds. The van der Waals surface area contributed by atoms with Gasteiger partial charge in [0.25, 0.3) is 0 Å². The summed E-state index contributed by atoms with van der Waals surface area (Å²) in [6.45, 7) is -0.407. The lowest BCUT2D eigenvalue weighted by Crippen LogP contribution is -2.55. The van der Waals surface area contributed by atoms with Crippen molar-refractivity contribution in [3.05, 3.63) is 0 Å². The van der Waals surface area contributed by atoms with Crippen molar-refractivity contribution in [1.82, 2.24) is 5.32 Å². The second-order valence-corrected chi connectivity index (χ2v) is 7.82. The Morgan fingerprint density at radius 2 is 1.59 bits per heavy atom. The number of nitrogens with one attached hydrogen (secondary N) is 1. The summed E-state index contributed by atoms with van der Waals surface area (Å²) in [6.07, 6.45) is 4.40. The first kappa shape index (κ1) is 20.5. The Kier molecular flexibility index (Phi) is 7.46. The largest absolute Gasteiger partial charge is 0.463 e. The zero-order valence-electron chi connectivity index (χ0n) is 15.7. The van der Waals surface area contributed by atoms with Crippen LogP contribution in [0.2, 0.25) is 0 Å². The molecule has 1 aliphatic heterocycles. The molecule has 0 aromatic carbocycles. The topological polar surface area (TPSA) is 114 Å². The average molecular weight is 385 g/mol. The van der Waals surface area contributed by atoms with Gasteiger partial charge in [0.1, 0.15) is 31.1 Å². The molecule has 1 heterocycles. The Morgan fingerprint density at radius 1 is 1.00 bits per heavy atom. The molecule has 0 aromatic heterocycles. The van der Waals surface area contributed by atoms with Crippen molar-refractivity contribution in [2.45, 2.75) is 82.3 Å². The van der Waals surface area contributed by atoms with Crippen LogP contribution in [0, 0.1) is 11.8 Å². The molecule has 0 aromatic rings. The van der Waals surface area contributed by atoms with Crippen LogP contribution in [-0.2, 0) is 23.8 Å². The van der Waals surface area contributed by atoms with Gasteiger partial charge in [-0.3, -0.25) is 14.9 Å². The number of esters is 2. The van der Waals surface area contributed by atoms with Crippen LogP contribution in [-0.4, -0.2) is 60.0 Å². The molecule has 4 unspecified atom stereocenters. The number of carbonyl (C=O) groups is 2. The smallest absolute Gasteiger partial charge is 0.309 e. The maximum Gasteiger partial charge on any atom is 0.309 e. The highest BCUT2D eigenvalue weighted by Gasteiger charge is 2.41. The lowest BCUT2D eigenvalue weighted by atomic mass is 10.00. The monoisotopic (exact) mass is 385 g/mol. The highest BCUT2D eigenvalue weighted by molar-refractivity contribution is 5.73. The van der Waals surface area contributed by atoms with Gasteiger partial charge in [0.05, 0.1) is 18.6 Å². The Balaban J connectivity index is 1.56. The molecule has 0 radical (unpaired) electrons. The van der Waals surface area contributed by atoms with E-state index in [1.54, 1.807) is 0 Å². The van der Waals surface area contributed by atoms with Crippen LogP contribution in [0.15, 0.2) is 0 Å². The van der Waals surface area contributed by atoms with Gasteiger partial charge in [0, 0.05) is 6.42 Å².